The number of aromatic nitrogens is 2. The summed E-state index contributed by atoms with van der Waals surface area (Å²) in [7, 11) is 0. The molecule has 2 aliphatic rings. The fourth-order valence-corrected chi connectivity index (χ4v) is 5.01. The van der Waals surface area contributed by atoms with Crippen LogP contribution in [0.25, 0.3) is 11.4 Å². The Morgan fingerprint density at radius 1 is 1.16 bits per heavy atom. The molecule has 1 N–H and O–H groups in total. The van der Waals surface area contributed by atoms with Crippen LogP contribution in [0.15, 0.2) is 48.2 Å². The van der Waals surface area contributed by atoms with Crippen LogP contribution in [0.4, 0.5) is 5.69 Å². The summed E-state index contributed by atoms with van der Waals surface area (Å²) in [5.74, 6) is -2.00. The Hall–Kier alpha value is -4.09. The number of aryl methyl sites for hydroxylation is 2. The maximum Gasteiger partial charge on any atom is 0.295 e. The molecule has 192 valence electrons. The highest BCUT2D eigenvalue weighted by Crippen LogP contribution is 2.40. The number of hydrogen-bond acceptors (Lipinski definition) is 8. The predicted octanol–water partition coefficient (Wildman–Crippen LogP) is 2.61. The molecule has 0 saturated carbocycles. The molecule has 5 rings (SSSR count). The van der Waals surface area contributed by atoms with E-state index in [-0.39, 0.29) is 23.5 Å². The van der Waals surface area contributed by atoms with Crippen molar-refractivity contribution >= 4 is 28.8 Å². The number of ketones is 1. The van der Waals surface area contributed by atoms with Crippen LogP contribution < -0.4 is 0 Å². The number of fused-ring (bicyclic) bond motifs is 1. The monoisotopic (exact) mass is 505 g/mol. The Bertz CT molecular complexity index is 1440. The number of pyridine rings is 1. The van der Waals surface area contributed by atoms with Crippen LogP contribution in [0.2, 0.25) is 0 Å². The number of non-ortho nitro benzene ring substituents is 1. The minimum Gasteiger partial charge on any atom is -0.505 e. The zero-order valence-electron chi connectivity index (χ0n) is 20.6. The van der Waals surface area contributed by atoms with E-state index in [1.807, 2.05) is 19.1 Å². The van der Waals surface area contributed by atoms with Crippen molar-refractivity contribution in [2.45, 2.75) is 19.9 Å². The lowest BCUT2D eigenvalue weighted by Gasteiger charge is -2.30. The number of morpholine rings is 1. The molecule has 4 heterocycles. The molecule has 1 aromatic carbocycles. The first kappa shape index (κ1) is 24.6. The lowest BCUT2D eigenvalue weighted by Crippen LogP contribution is -2.42. The minimum atomic E-state index is -0.994. The van der Waals surface area contributed by atoms with E-state index in [0.29, 0.717) is 49.8 Å². The molecule has 1 amide bonds. The zero-order valence-corrected chi connectivity index (χ0v) is 20.6. The van der Waals surface area contributed by atoms with Crippen molar-refractivity contribution in [3.63, 3.8) is 0 Å². The second kappa shape index (κ2) is 9.75. The number of hydrogen-bond donors (Lipinski definition) is 1. The van der Waals surface area contributed by atoms with Gasteiger partial charge >= 0.3 is 0 Å². The highest BCUT2D eigenvalue weighted by molar-refractivity contribution is 6.46. The first-order chi connectivity index (χ1) is 17.8. The molecule has 11 nitrogen and oxygen atoms in total. The highest BCUT2D eigenvalue weighted by atomic mass is 16.6. The molecule has 2 saturated heterocycles. The van der Waals surface area contributed by atoms with Gasteiger partial charge in [0.25, 0.3) is 17.4 Å². The number of carbonyl (C=O) groups excluding carboxylic acids is 2. The summed E-state index contributed by atoms with van der Waals surface area (Å²) in [6.07, 6.45) is 1.81. The molecule has 0 aliphatic carbocycles. The summed E-state index contributed by atoms with van der Waals surface area (Å²) in [5, 5.41) is 23.0. The van der Waals surface area contributed by atoms with Gasteiger partial charge in [-0.15, -0.1) is 0 Å². The van der Waals surface area contributed by atoms with Crippen molar-refractivity contribution in [1.82, 2.24) is 19.2 Å². The standard InChI is InChI=1S/C26H27N5O6/c1-16-5-4-8-29-17(2)21(27-25(16)29)23(32)20-22(18-6-3-7-19(15-18)31(35)36)30(26(34)24(20)33)10-9-28-11-13-37-14-12-28/h3-8,15,22,32H,9-14H2,1-2H3. The number of benzene rings is 1. The van der Waals surface area contributed by atoms with Crippen molar-refractivity contribution in [3.8, 4) is 0 Å². The SMILES string of the molecule is Cc1cccn2c(C)c(C(O)=C3C(=O)C(=O)N(CCN4CCOCC4)C3c3cccc([N+](=O)[O-])c3)nc12. The zero-order chi connectivity index (χ0) is 26.3. The van der Waals surface area contributed by atoms with Gasteiger partial charge in [0, 0.05) is 44.5 Å². The van der Waals surface area contributed by atoms with E-state index in [0.717, 1.165) is 5.56 Å². The molecule has 1 atom stereocenters. The fourth-order valence-electron chi connectivity index (χ4n) is 5.01. The van der Waals surface area contributed by atoms with Gasteiger partial charge in [0.05, 0.1) is 35.4 Å². The number of carbonyl (C=O) groups is 2. The molecule has 0 spiro atoms. The van der Waals surface area contributed by atoms with Crippen LogP contribution in [0.5, 0.6) is 0 Å². The van der Waals surface area contributed by atoms with Crippen LogP contribution in [0.1, 0.15) is 28.6 Å². The number of nitrogens with zero attached hydrogens (tertiary/aromatic N) is 5. The van der Waals surface area contributed by atoms with Crippen molar-refractivity contribution in [3.05, 3.63) is 80.8 Å². The van der Waals surface area contributed by atoms with Crippen molar-refractivity contribution in [1.29, 1.82) is 0 Å². The lowest BCUT2D eigenvalue weighted by atomic mass is 9.96. The molecule has 2 fully saturated rings. The maximum atomic E-state index is 13.4. The molecule has 2 aliphatic heterocycles. The normalized spacial score (nSPS) is 20.2. The molecule has 37 heavy (non-hydrogen) atoms. The van der Waals surface area contributed by atoms with Gasteiger partial charge in [-0.2, -0.15) is 0 Å². The fraction of sp³-hybridized carbons (Fsp3) is 0.346. The Kier molecular flexibility index (Phi) is 6.48. The predicted molar refractivity (Wildman–Crippen MR) is 134 cm³/mol. The number of likely N-dealkylation sites (tertiary alicyclic amines) is 1. The largest absolute Gasteiger partial charge is 0.505 e. The maximum absolute atomic E-state index is 13.4. The molecule has 2 aromatic heterocycles. The van der Waals surface area contributed by atoms with Gasteiger partial charge in [-0.25, -0.2) is 4.98 Å². The quantitative estimate of drug-likeness (QED) is 0.178. The Balaban J connectivity index is 1.63. The van der Waals surface area contributed by atoms with Crippen LogP contribution in [-0.4, -0.2) is 80.3 Å². The summed E-state index contributed by atoms with van der Waals surface area (Å²) in [5.41, 5.74) is 2.37. The van der Waals surface area contributed by atoms with E-state index in [1.165, 1.54) is 23.1 Å². The first-order valence-corrected chi connectivity index (χ1v) is 12.1. The summed E-state index contributed by atoms with van der Waals surface area (Å²) < 4.78 is 7.19. The number of rotatable bonds is 6. The average molecular weight is 506 g/mol. The van der Waals surface area contributed by atoms with Gasteiger partial charge in [-0.1, -0.05) is 18.2 Å². The molecule has 0 bridgehead atoms. The van der Waals surface area contributed by atoms with Crippen LogP contribution >= 0.6 is 0 Å². The summed E-state index contributed by atoms with van der Waals surface area (Å²) >= 11 is 0. The highest BCUT2D eigenvalue weighted by Gasteiger charge is 2.46. The number of ether oxygens (including phenoxy) is 1. The van der Waals surface area contributed by atoms with Gasteiger partial charge in [0.2, 0.25) is 0 Å². The second-order valence-electron chi connectivity index (χ2n) is 9.23. The third kappa shape index (κ3) is 4.36. The van der Waals surface area contributed by atoms with Crippen molar-refractivity contribution < 1.29 is 24.4 Å². The van der Waals surface area contributed by atoms with E-state index in [4.69, 9.17) is 4.74 Å². The Labute approximate surface area is 212 Å². The second-order valence-corrected chi connectivity index (χ2v) is 9.23. The molecular formula is C26H27N5O6. The number of nitro groups is 1. The van der Waals surface area contributed by atoms with Gasteiger partial charge in [0.1, 0.15) is 11.3 Å². The third-order valence-corrected chi connectivity index (χ3v) is 7.01. The lowest BCUT2D eigenvalue weighted by molar-refractivity contribution is -0.384. The molecule has 3 aromatic rings. The van der Waals surface area contributed by atoms with Crippen molar-refractivity contribution in [2.75, 3.05) is 39.4 Å². The van der Waals surface area contributed by atoms with Gasteiger partial charge in [-0.05, 0) is 31.0 Å². The topological polar surface area (TPSA) is 131 Å². The third-order valence-electron chi connectivity index (χ3n) is 7.01. The van der Waals surface area contributed by atoms with Crippen molar-refractivity contribution in [2.24, 2.45) is 0 Å². The van der Waals surface area contributed by atoms with Crippen LogP contribution in [-0.2, 0) is 14.3 Å². The Morgan fingerprint density at radius 3 is 2.62 bits per heavy atom. The molecule has 0 radical (unpaired) electrons. The average Bonchev–Trinajstić information content (AvgIpc) is 3.37. The smallest absolute Gasteiger partial charge is 0.295 e. The van der Waals surface area contributed by atoms with E-state index in [9.17, 15) is 24.8 Å². The number of aliphatic hydroxyl groups excluding tert-OH is 1. The van der Waals surface area contributed by atoms with E-state index < -0.39 is 28.4 Å². The first-order valence-electron chi connectivity index (χ1n) is 12.1. The molecular weight excluding hydrogens is 478 g/mol. The van der Waals surface area contributed by atoms with E-state index >= 15 is 0 Å². The number of imidazole rings is 1. The minimum absolute atomic E-state index is 0.128. The van der Waals surface area contributed by atoms with E-state index in [2.05, 4.69) is 9.88 Å². The summed E-state index contributed by atoms with van der Waals surface area (Å²) in [6, 6.07) is 8.57. The Morgan fingerprint density at radius 2 is 1.92 bits per heavy atom. The van der Waals surface area contributed by atoms with Gasteiger partial charge in [-0.3, -0.25) is 24.6 Å². The molecule has 11 heteroatoms. The summed E-state index contributed by atoms with van der Waals surface area (Å²) in [4.78, 5) is 45.7. The summed E-state index contributed by atoms with van der Waals surface area (Å²) in [6.45, 7) is 6.92. The number of aliphatic hydroxyl groups is 1. The van der Waals surface area contributed by atoms with Crippen LogP contribution in [0, 0.1) is 24.0 Å². The molecule has 1 unspecified atom stereocenters. The number of nitro benzene ring substituents is 1. The van der Waals surface area contributed by atoms with Gasteiger partial charge in [0.15, 0.2) is 5.76 Å². The van der Waals surface area contributed by atoms with E-state index in [1.54, 1.807) is 23.6 Å². The number of amides is 1. The number of Topliss-reactive ketones (excluding diaryl/α,β-unsaturated/α-hetero) is 1. The van der Waals surface area contributed by atoms with Crippen LogP contribution in [0.3, 0.4) is 0 Å². The van der Waals surface area contributed by atoms with Gasteiger partial charge < -0.3 is 19.1 Å².